The van der Waals surface area contributed by atoms with Crippen molar-refractivity contribution < 1.29 is 14.3 Å². The van der Waals surface area contributed by atoms with Gasteiger partial charge in [0.2, 0.25) is 0 Å². The zero-order valence-corrected chi connectivity index (χ0v) is 20.4. The van der Waals surface area contributed by atoms with E-state index in [4.69, 9.17) is 4.74 Å². The molecule has 0 aliphatic carbocycles. The lowest BCUT2D eigenvalue weighted by Gasteiger charge is -2.42. The first kappa shape index (κ1) is 23.8. The fourth-order valence-electron chi connectivity index (χ4n) is 4.79. The highest BCUT2D eigenvalue weighted by Gasteiger charge is 2.35. The second-order valence-electron chi connectivity index (χ2n) is 9.17. The third-order valence-corrected chi connectivity index (χ3v) is 6.49. The maximum absolute atomic E-state index is 13.0. The molecule has 2 amide bonds. The van der Waals surface area contributed by atoms with Gasteiger partial charge in [-0.2, -0.15) is 0 Å². The van der Waals surface area contributed by atoms with Gasteiger partial charge in [0.1, 0.15) is 0 Å². The number of amides is 2. The number of urea groups is 1. The molecule has 2 aliphatic rings. The Bertz CT molecular complexity index is 1080. The molecule has 0 bridgehead atoms. The highest BCUT2D eigenvalue weighted by Crippen LogP contribution is 2.29. The largest absolute Gasteiger partial charge is 0.463 e. The molecule has 0 unspecified atom stereocenters. The van der Waals surface area contributed by atoms with Crippen molar-refractivity contribution in [3.63, 3.8) is 0 Å². The van der Waals surface area contributed by atoms with Crippen LogP contribution < -0.4 is 15.5 Å². The molecule has 2 N–H and O–H groups in total. The molecule has 2 aromatic carbocycles. The Hall–Kier alpha value is -3.32. The molecule has 2 aliphatic heterocycles. The van der Waals surface area contributed by atoms with Crippen molar-refractivity contribution in [1.82, 2.24) is 15.5 Å². The molecule has 7 heteroatoms. The molecule has 1 saturated heterocycles. The van der Waals surface area contributed by atoms with Crippen molar-refractivity contribution in [1.29, 1.82) is 0 Å². The molecule has 180 valence electrons. The van der Waals surface area contributed by atoms with Crippen molar-refractivity contribution in [2.45, 2.75) is 39.8 Å². The smallest absolute Gasteiger partial charge is 0.338 e. The van der Waals surface area contributed by atoms with Gasteiger partial charge in [0.05, 0.1) is 18.2 Å². The van der Waals surface area contributed by atoms with E-state index in [9.17, 15) is 9.59 Å². The van der Waals surface area contributed by atoms with E-state index in [0.717, 1.165) is 30.8 Å². The number of hydrogen-bond donors (Lipinski definition) is 2. The van der Waals surface area contributed by atoms with Crippen molar-refractivity contribution in [3.8, 4) is 0 Å². The van der Waals surface area contributed by atoms with Gasteiger partial charge in [0.25, 0.3) is 0 Å². The number of hydrogen-bond acceptors (Lipinski definition) is 5. The number of rotatable bonds is 6. The molecule has 0 spiro atoms. The molecule has 0 saturated carbocycles. The van der Waals surface area contributed by atoms with Crippen LogP contribution in [0.5, 0.6) is 0 Å². The van der Waals surface area contributed by atoms with E-state index in [-0.39, 0.29) is 12.6 Å². The molecule has 0 aromatic heterocycles. The van der Waals surface area contributed by atoms with Crippen LogP contribution in [-0.2, 0) is 9.53 Å². The average Bonchev–Trinajstić information content (AvgIpc) is 2.79. The second-order valence-corrected chi connectivity index (χ2v) is 9.17. The quantitative estimate of drug-likeness (QED) is 0.641. The molecule has 4 rings (SSSR count). The van der Waals surface area contributed by atoms with Crippen molar-refractivity contribution in [2.75, 3.05) is 37.7 Å². The predicted molar refractivity (Wildman–Crippen MR) is 134 cm³/mol. The third kappa shape index (κ3) is 5.25. The van der Waals surface area contributed by atoms with E-state index in [1.165, 1.54) is 11.3 Å². The van der Waals surface area contributed by atoms with Crippen molar-refractivity contribution in [3.05, 3.63) is 76.5 Å². The number of piperazine rings is 1. The van der Waals surface area contributed by atoms with Gasteiger partial charge in [-0.25, -0.2) is 9.59 Å². The van der Waals surface area contributed by atoms with E-state index in [1.807, 2.05) is 31.2 Å². The standard InChI is InChI=1S/C27H34N4O3/c1-5-34-26(32)24-23(28-27(33)29-25(24)21-11-9-18(2)10-12-21)17-30-13-14-31(20(4)16-30)22-8-6-7-19(3)15-22/h6-12,15,20,25H,5,13-14,16-17H2,1-4H3,(H2,28,29,33)/t20-,25+/m1/s1. The number of esters is 1. The maximum Gasteiger partial charge on any atom is 0.338 e. The monoisotopic (exact) mass is 462 g/mol. The van der Waals surface area contributed by atoms with Gasteiger partial charge in [0, 0.05) is 43.6 Å². The number of benzene rings is 2. The summed E-state index contributed by atoms with van der Waals surface area (Å²) in [4.78, 5) is 30.3. The zero-order chi connectivity index (χ0) is 24.2. The highest BCUT2D eigenvalue weighted by molar-refractivity contribution is 5.95. The summed E-state index contributed by atoms with van der Waals surface area (Å²) in [5.74, 6) is -0.401. The Morgan fingerprint density at radius 2 is 1.85 bits per heavy atom. The van der Waals surface area contributed by atoms with Crippen LogP contribution >= 0.6 is 0 Å². The minimum absolute atomic E-state index is 0.274. The lowest BCUT2D eigenvalue weighted by Crippen LogP contribution is -2.54. The Balaban J connectivity index is 1.58. The van der Waals surface area contributed by atoms with Gasteiger partial charge in [-0.15, -0.1) is 0 Å². The van der Waals surface area contributed by atoms with Crippen LogP contribution in [0.3, 0.4) is 0 Å². The van der Waals surface area contributed by atoms with E-state index in [0.29, 0.717) is 23.9 Å². The maximum atomic E-state index is 13.0. The van der Waals surface area contributed by atoms with E-state index in [2.05, 4.69) is 58.5 Å². The topological polar surface area (TPSA) is 73.9 Å². The lowest BCUT2D eigenvalue weighted by atomic mass is 9.94. The first-order valence-corrected chi connectivity index (χ1v) is 12.0. The number of carbonyl (C=O) groups is 2. The average molecular weight is 463 g/mol. The summed E-state index contributed by atoms with van der Waals surface area (Å²) in [6, 6.07) is 15.9. The summed E-state index contributed by atoms with van der Waals surface area (Å²) in [6.45, 7) is 11.4. The molecular formula is C27H34N4O3. The molecule has 2 atom stereocenters. The molecule has 1 fully saturated rings. The number of nitrogens with zero attached hydrogens (tertiary/aromatic N) is 2. The molecule has 2 aromatic rings. The van der Waals surface area contributed by atoms with Gasteiger partial charge >= 0.3 is 12.0 Å². The first-order valence-electron chi connectivity index (χ1n) is 12.0. The molecular weight excluding hydrogens is 428 g/mol. The van der Waals surface area contributed by atoms with Crippen LogP contribution in [0.25, 0.3) is 0 Å². The van der Waals surface area contributed by atoms with Gasteiger partial charge in [-0.05, 0) is 51.0 Å². The van der Waals surface area contributed by atoms with Crippen molar-refractivity contribution in [2.24, 2.45) is 0 Å². The van der Waals surface area contributed by atoms with Crippen LogP contribution in [-0.4, -0.2) is 55.7 Å². The lowest BCUT2D eigenvalue weighted by molar-refractivity contribution is -0.139. The van der Waals surface area contributed by atoms with Crippen LogP contribution in [0, 0.1) is 13.8 Å². The summed E-state index contributed by atoms with van der Waals surface area (Å²) in [5.41, 5.74) is 5.54. The Kier molecular flexibility index (Phi) is 7.22. The number of anilines is 1. The van der Waals surface area contributed by atoms with Gasteiger partial charge in [0.15, 0.2) is 0 Å². The Morgan fingerprint density at radius 3 is 2.53 bits per heavy atom. The van der Waals surface area contributed by atoms with Crippen LogP contribution in [0.1, 0.15) is 36.6 Å². The van der Waals surface area contributed by atoms with Gasteiger partial charge in [-0.1, -0.05) is 42.0 Å². The predicted octanol–water partition coefficient (Wildman–Crippen LogP) is 3.69. The summed E-state index contributed by atoms with van der Waals surface area (Å²) >= 11 is 0. The minimum atomic E-state index is -0.547. The minimum Gasteiger partial charge on any atom is -0.463 e. The van der Waals surface area contributed by atoms with Crippen LogP contribution in [0.2, 0.25) is 0 Å². The first-order chi connectivity index (χ1) is 16.4. The molecule has 7 nitrogen and oxygen atoms in total. The van der Waals surface area contributed by atoms with Crippen LogP contribution in [0.4, 0.5) is 10.5 Å². The van der Waals surface area contributed by atoms with Gasteiger partial charge < -0.3 is 20.3 Å². The molecule has 2 heterocycles. The third-order valence-electron chi connectivity index (χ3n) is 6.49. The highest BCUT2D eigenvalue weighted by atomic mass is 16.5. The summed E-state index contributed by atoms with van der Waals surface area (Å²) in [7, 11) is 0. The molecule has 34 heavy (non-hydrogen) atoms. The van der Waals surface area contributed by atoms with E-state index >= 15 is 0 Å². The zero-order valence-electron chi connectivity index (χ0n) is 20.4. The fraction of sp³-hybridized carbons (Fsp3) is 0.407. The second kappa shape index (κ2) is 10.3. The number of carbonyl (C=O) groups excluding carboxylic acids is 2. The normalized spacial score (nSPS) is 21.2. The summed E-state index contributed by atoms with van der Waals surface area (Å²) in [6.07, 6.45) is 0. The summed E-state index contributed by atoms with van der Waals surface area (Å²) in [5, 5.41) is 5.82. The number of ether oxygens (including phenoxy) is 1. The summed E-state index contributed by atoms with van der Waals surface area (Å²) < 4.78 is 5.40. The van der Waals surface area contributed by atoms with E-state index in [1.54, 1.807) is 6.92 Å². The van der Waals surface area contributed by atoms with Gasteiger partial charge in [-0.3, -0.25) is 4.90 Å². The molecule has 0 radical (unpaired) electrons. The Labute approximate surface area is 201 Å². The van der Waals surface area contributed by atoms with Crippen LogP contribution in [0.15, 0.2) is 59.8 Å². The number of nitrogens with one attached hydrogen (secondary N) is 2. The van der Waals surface area contributed by atoms with Crippen molar-refractivity contribution >= 4 is 17.7 Å². The fourth-order valence-corrected chi connectivity index (χ4v) is 4.79. The Morgan fingerprint density at radius 1 is 1.09 bits per heavy atom. The SMILES string of the molecule is CCOC(=O)C1=C(CN2CCN(c3cccc(C)c3)[C@H](C)C2)NC(=O)N[C@H]1c1ccc(C)cc1. The number of aryl methyl sites for hydroxylation is 2. The van der Waals surface area contributed by atoms with E-state index < -0.39 is 12.0 Å².